The van der Waals surface area contributed by atoms with E-state index < -0.39 is 0 Å². The third kappa shape index (κ3) is 2.55. The van der Waals surface area contributed by atoms with Crippen molar-refractivity contribution < 1.29 is 14.2 Å². The first-order valence-corrected chi connectivity index (χ1v) is 7.01. The normalized spacial score (nSPS) is 19.4. The SMILES string of the molecule is COCc1c(C2CCNCC2)ccc2c1OCCO2. The minimum atomic E-state index is 0.589. The molecule has 1 aromatic rings. The van der Waals surface area contributed by atoms with Crippen LogP contribution in [0.2, 0.25) is 0 Å². The number of fused-ring (bicyclic) bond motifs is 1. The average molecular weight is 263 g/mol. The van der Waals surface area contributed by atoms with E-state index in [9.17, 15) is 0 Å². The molecule has 2 aliphatic heterocycles. The Kier molecular flexibility index (Phi) is 3.89. The minimum absolute atomic E-state index is 0.589. The lowest BCUT2D eigenvalue weighted by molar-refractivity contribution is 0.152. The molecule has 2 heterocycles. The van der Waals surface area contributed by atoms with E-state index in [4.69, 9.17) is 14.2 Å². The van der Waals surface area contributed by atoms with E-state index >= 15 is 0 Å². The van der Waals surface area contributed by atoms with Gasteiger partial charge in [0.2, 0.25) is 0 Å². The fraction of sp³-hybridized carbons (Fsp3) is 0.600. The van der Waals surface area contributed by atoms with E-state index in [1.165, 1.54) is 24.0 Å². The standard InChI is InChI=1S/C15H21NO3/c1-17-10-13-12(11-4-6-16-7-5-11)2-3-14-15(13)19-9-8-18-14/h2-3,11,16H,4-10H2,1H3. The molecule has 4 nitrogen and oxygen atoms in total. The van der Waals surface area contributed by atoms with Gasteiger partial charge in [-0.25, -0.2) is 0 Å². The van der Waals surface area contributed by atoms with Crippen molar-refractivity contribution in [2.75, 3.05) is 33.4 Å². The first-order valence-electron chi connectivity index (χ1n) is 7.01. The van der Waals surface area contributed by atoms with Crippen molar-refractivity contribution >= 4 is 0 Å². The van der Waals surface area contributed by atoms with E-state index in [1.807, 2.05) is 6.07 Å². The molecule has 0 aliphatic carbocycles. The summed E-state index contributed by atoms with van der Waals surface area (Å²) in [5.41, 5.74) is 2.54. The fourth-order valence-electron chi connectivity index (χ4n) is 3.00. The lowest BCUT2D eigenvalue weighted by Gasteiger charge is -2.28. The summed E-state index contributed by atoms with van der Waals surface area (Å²) in [6.07, 6.45) is 2.35. The average Bonchev–Trinajstić information content (AvgIpc) is 2.49. The molecule has 19 heavy (non-hydrogen) atoms. The molecule has 0 bridgehead atoms. The van der Waals surface area contributed by atoms with E-state index in [2.05, 4.69) is 11.4 Å². The van der Waals surface area contributed by atoms with Crippen molar-refractivity contribution in [2.24, 2.45) is 0 Å². The summed E-state index contributed by atoms with van der Waals surface area (Å²) >= 11 is 0. The number of ether oxygens (including phenoxy) is 3. The molecule has 104 valence electrons. The molecule has 1 fully saturated rings. The van der Waals surface area contributed by atoms with Gasteiger partial charge >= 0.3 is 0 Å². The van der Waals surface area contributed by atoms with Crippen LogP contribution in [-0.2, 0) is 11.3 Å². The van der Waals surface area contributed by atoms with Crippen molar-refractivity contribution in [3.05, 3.63) is 23.3 Å². The Bertz CT molecular complexity index is 441. The van der Waals surface area contributed by atoms with E-state index in [0.29, 0.717) is 25.7 Å². The molecular formula is C15H21NO3. The van der Waals surface area contributed by atoms with Gasteiger partial charge < -0.3 is 19.5 Å². The molecule has 0 spiro atoms. The second-order valence-corrected chi connectivity index (χ2v) is 5.11. The van der Waals surface area contributed by atoms with Crippen LogP contribution >= 0.6 is 0 Å². The van der Waals surface area contributed by atoms with E-state index in [-0.39, 0.29) is 0 Å². The molecular weight excluding hydrogens is 242 g/mol. The lowest BCUT2D eigenvalue weighted by Crippen LogP contribution is -2.27. The monoisotopic (exact) mass is 263 g/mol. The van der Waals surface area contributed by atoms with Crippen molar-refractivity contribution in [1.29, 1.82) is 0 Å². The van der Waals surface area contributed by atoms with Gasteiger partial charge in [-0.1, -0.05) is 6.07 Å². The summed E-state index contributed by atoms with van der Waals surface area (Å²) in [6, 6.07) is 4.24. The molecule has 2 aliphatic rings. The van der Waals surface area contributed by atoms with Gasteiger partial charge in [0.05, 0.1) is 6.61 Å². The number of hydrogen-bond donors (Lipinski definition) is 1. The van der Waals surface area contributed by atoms with Crippen molar-refractivity contribution in [3.63, 3.8) is 0 Å². The van der Waals surface area contributed by atoms with Gasteiger partial charge in [0.1, 0.15) is 13.2 Å². The second kappa shape index (κ2) is 5.80. The maximum Gasteiger partial charge on any atom is 0.167 e. The van der Waals surface area contributed by atoms with Gasteiger partial charge in [0.15, 0.2) is 11.5 Å². The summed E-state index contributed by atoms with van der Waals surface area (Å²) in [7, 11) is 1.73. The summed E-state index contributed by atoms with van der Waals surface area (Å²) in [5.74, 6) is 2.35. The highest BCUT2D eigenvalue weighted by Gasteiger charge is 2.24. The third-order valence-corrected chi connectivity index (χ3v) is 3.92. The summed E-state index contributed by atoms with van der Waals surface area (Å²) in [4.78, 5) is 0. The predicted molar refractivity (Wildman–Crippen MR) is 73.0 cm³/mol. The Balaban J connectivity index is 1.97. The van der Waals surface area contributed by atoms with E-state index in [0.717, 1.165) is 24.6 Å². The number of hydrogen-bond acceptors (Lipinski definition) is 4. The maximum absolute atomic E-state index is 5.82. The molecule has 0 saturated carbocycles. The zero-order chi connectivity index (χ0) is 13.1. The quantitative estimate of drug-likeness (QED) is 0.906. The fourth-order valence-corrected chi connectivity index (χ4v) is 3.00. The van der Waals surface area contributed by atoms with Gasteiger partial charge in [0, 0.05) is 12.7 Å². The Hall–Kier alpha value is -1.26. The Morgan fingerprint density at radius 2 is 2.00 bits per heavy atom. The van der Waals surface area contributed by atoms with Gasteiger partial charge in [-0.05, 0) is 43.5 Å². The largest absolute Gasteiger partial charge is 0.486 e. The summed E-state index contributed by atoms with van der Waals surface area (Å²) in [5, 5.41) is 3.41. The smallest absolute Gasteiger partial charge is 0.167 e. The van der Waals surface area contributed by atoms with Gasteiger partial charge in [-0.15, -0.1) is 0 Å². The van der Waals surface area contributed by atoms with Crippen molar-refractivity contribution in [1.82, 2.24) is 5.32 Å². The molecule has 0 radical (unpaired) electrons. The highest BCUT2D eigenvalue weighted by molar-refractivity contribution is 5.52. The van der Waals surface area contributed by atoms with Crippen LogP contribution in [0.15, 0.2) is 12.1 Å². The van der Waals surface area contributed by atoms with Crippen LogP contribution in [0.1, 0.15) is 29.9 Å². The first-order chi connectivity index (χ1) is 9.40. The van der Waals surface area contributed by atoms with Crippen LogP contribution in [-0.4, -0.2) is 33.4 Å². The van der Waals surface area contributed by atoms with Crippen LogP contribution in [0, 0.1) is 0 Å². The highest BCUT2D eigenvalue weighted by Crippen LogP contribution is 2.40. The van der Waals surface area contributed by atoms with Gasteiger partial charge in [-0.3, -0.25) is 0 Å². The van der Waals surface area contributed by atoms with Crippen LogP contribution in [0.3, 0.4) is 0 Å². The second-order valence-electron chi connectivity index (χ2n) is 5.11. The van der Waals surface area contributed by atoms with Crippen molar-refractivity contribution in [2.45, 2.75) is 25.4 Å². The first kappa shape index (κ1) is 12.8. The number of piperidine rings is 1. The topological polar surface area (TPSA) is 39.7 Å². The van der Waals surface area contributed by atoms with Gasteiger partial charge in [-0.2, -0.15) is 0 Å². The zero-order valence-corrected chi connectivity index (χ0v) is 11.4. The molecule has 3 rings (SSSR count). The maximum atomic E-state index is 5.82. The Morgan fingerprint density at radius 3 is 2.79 bits per heavy atom. The van der Waals surface area contributed by atoms with Crippen LogP contribution in [0.5, 0.6) is 11.5 Å². The molecule has 0 amide bonds. The van der Waals surface area contributed by atoms with Crippen LogP contribution < -0.4 is 14.8 Å². The molecule has 4 heteroatoms. The number of methoxy groups -OCH3 is 1. The summed E-state index contributed by atoms with van der Waals surface area (Å²) in [6.45, 7) is 4.02. The lowest BCUT2D eigenvalue weighted by atomic mass is 9.86. The van der Waals surface area contributed by atoms with Crippen LogP contribution in [0.4, 0.5) is 0 Å². The summed E-state index contributed by atoms with van der Waals surface area (Å²) < 4.78 is 16.9. The van der Waals surface area contributed by atoms with Crippen molar-refractivity contribution in [3.8, 4) is 11.5 Å². The zero-order valence-electron chi connectivity index (χ0n) is 11.4. The molecule has 0 aromatic heterocycles. The molecule has 0 unspecified atom stereocenters. The predicted octanol–water partition coefficient (Wildman–Crippen LogP) is 2.07. The van der Waals surface area contributed by atoms with E-state index in [1.54, 1.807) is 7.11 Å². The number of nitrogens with one attached hydrogen (secondary N) is 1. The molecule has 1 aromatic carbocycles. The molecule has 1 N–H and O–H groups in total. The number of rotatable bonds is 3. The Labute approximate surface area is 114 Å². The Morgan fingerprint density at radius 1 is 1.21 bits per heavy atom. The number of benzene rings is 1. The highest BCUT2D eigenvalue weighted by atomic mass is 16.6. The third-order valence-electron chi connectivity index (χ3n) is 3.92. The van der Waals surface area contributed by atoms with Crippen LogP contribution in [0.25, 0.3) is 0 Å². The van der Waals surface area contributed by atoms with Gasteiger partial charge in [0.25, 0.3) is 0 Å². The minimum Gasteiger partial charge on any atom is -0.486 e. The molecule has 1 saturated heterocycles. The molecule has 0 atom stereocenters.